The van der Waals surface area contributed by atoms with E-state index < -0.39 is 0 Å². The van der Waals surface area contributed by atoms with Crippen molar-refractivity contribution in [3.63, 3.8) is 0 Å². The van der Waals surface area contributed by atoms with Crippen molar-refractivity contribution in [3.05, 3.63) is 51.9 Å². The molecule has 34 heavy (non-hydrogen) atoms. The summed E-state index contributed by atoms with van der Waals surface area (Å²) in [5.74, 6) is 1.06. The highest BCUT2D eigenvalue weighted by Crippen LogP contribution is 2.46. The smallest absolute Gasteiger partial charge is 0.254 e. The molecule has 1 aromatic carbocycles. The molecule has 1 saturated heterocycles. The highest BCUT2D eigenvalue weighted by molar-refractivity contribution is 5.83. The van der Waals surface area contributed by atoms with Crippen molar-refractivity contribution in [3.8, 4) is 11.4 Å². The van der Waals surface area contributed by atoms with Gasteiger partial charge in [0.25, 0.3) is 5.56 Å². The van der Waals surface area contributed by atoms with Crippen molar-refractivity contribution in [2.45, 2.75) is 71.0 Å². The summed E-state index contributed by atoms with van der Waals surface area (Å²) in [4.78, 5) is 36.5. The van der Waals surface area contributed by atoms with Gasteiger partial charge in [0, 0.05) is 43.0 Å². The number of ether oxygens (including phenoxy) is 1. The Bertz CT molecular complexity index is 1080. The number of benzene rings is 1. The number of H-pyrrole nitrogens is 1. The lowest BCUT2D eigenvalue weighted by Crippen LogP contribution is -2.49. The molecule has 3 heterocycles. The van der Waals surface area contributed by atoms with Crippen LogP contribution >= 0.6 is 0 Å². The Morgan fingerprint density at radius 3 is 2.68 bits per heavy atom. The second-order valence-corrected chi connectivity index (χ2v) is 10.5. The molecule has 2 aliphatic heterocycles. The van der Waals surface area contributed by atoms with Gasteiger partial charge in [-0.05, 0) is 44.4 Å². The van der Waals surface area contributed by atoms with E-state index in [4.69, 9.17) is 9.72 Å². The second-order valence-electron chi connectivity index (χ2n) is 10.5. The lowest BCUT2D eigenvalue weighted by Gasteiger charge is -2.39. The van der Waals surface area contributed by atoms with Crippen molar-refractivity contribution >= 4 is 5.91 Å². The maximum Gasteiger partial charge on any atom is 0.254 e. The molecule has 0 radical (unpaired) electrons. The zero-order chi connectivity index (χ0) is 23.7. The van der Waals surface area contributed by atoms with Crippen LogP contribution in [0.3, 0.4) is 0 Å². The first-order valence-corrected chi connectivity index (χ1v) is 12.8. The van der Waals surface area contributed by atoms with Crippen molar-refractivity contribution in [2.75, 3.05) is 19.8 Å². The Labute approximate surface area is 201 Å². The molecule has 0 bridgehead atoms. The molecule has 2 N–H and O–H groups in total. The first-order valence-electron chi connectivity index (χ1n) is 12.8. The van der Waals surface area contributed by atoms with Crippen LogP contribution in [0, 0.1) is 11.3 Å². The molecule has 7 heteroatoms. The Hall–Kier alpha value is -2.51. The van der Waals surface area contributed by atoms with Crippen LogP contribution in [0.2, 0.25) is 0 Å². The summed E-state index contributed by atoms with van der Waals surface area (Å²) in [7, 11) is 0. The average Bonchev–Trinajstić information content (AvgIpc) is 3.29. The molecule has 7 nitrogen and oxygen atoms in total. The number of amides is 1. The molecule has 1 aromatic heterocycles. The minimum absolute atomic E-state index is 0.0869. The number of hydrogen-bond donors (Lipinski definition) is 2. The summed E-state index contributed by atoms with van der Waals surface area (Å²) in [5.41, 5.74) is 1.88. The standard InChI is InChI=1S/C27H36N4O3/c1-18(2)27(12-8-21(16-27)28-20-10-14-34-15-11-20)26(33)31-13-9-22-23(17-31)29-24(30-25(22)32)19-6-4-3-5-7-19/h3-7,18,20-21,28H,8-17H2,1-2H3,(H,29,30,32)/t21-,27+/m1/s1. The van der Waals surface area contributed by atoms with Gasteiger partial charge in [0.1, 0.15) is 5.82 Å². The van der Waals surface area contributed by atoms with Crippen LogP contribution in [0.1, 0.15) is 57.2 Å². The van der Waals surface area contributed by atoms with Gasteiger partial charge in [-0.15, -0.1) is 0 Å². The Balaban J connectivity index is 1.34. The number of aromatic nitrogens is 2. The van der Waals surface area contributed by atoms with Crippen LogP contribution in [0.5, 0.6) is 0 Å². The summed E-state index contributed by atoms with van der Waals surface area (Å²) in [5, 5.41) is 3.83. The molecule has 1 saturated carbocycles. The summed E-state index contributed by atoms with van der Waals surface area (Å²) in [6, 6.07) is 10.5. The van der Waals surface area contributed by atoms with E-state index in [0.717, 1.165) is 56.6 Å². The quantitative estimate of drug-likeness (QED) is 0.709. The van der Waals surface area contributed by atoms with Crippen molar-refractivity contribution in [1.82, 2.24) is 20.2 Å². The molecule has 5 rings (SSSR count). The number of hydrogen-bond acceptors (Lipinski definition) is 5. The van der Waals surface area contributed by atoms with E-state index in [1.165, 1.54) is 0 Å². The van der Waals surface area contributed by atoms with Crippen molar-refractivity contribution in [2.24, 2.45) is 11.3 Å². The molecule has 0 spiro atoms. The Morgan fingerprint density at radius 2 is 1.94 bits per heavy atom. The molecular weight excluding hydrogens is 428 g/mol. The van der Waals surface area contributed by atoms with E-state index in [2.05, 4.69) is 24.1 Å². The molecular formula is C27H36N4O3. The van der Waals surface area contributed by atoms with E-state index in [-0.39, 0.29) is 22.8 Å². The maximum atomic E-state index is 14.0. The van der Waals surface area contributed by atoms with Crippen LogP contribution < -0.4 is 10.9 Å². The third kappa shape index (κ3) is 4.43. The van der Waals surface area contributed by atoms with Gasteiger partial charge < -0.3 is 19.9 Å². The number of nitrogens with one attached hydrogen (secondary N) is 2. The molecule has 1 amide bonds. The average molecular weight is 465 g/mol. The van der Waals surface area contributed by atoms with Crippen LogP contribution in [-0.4, -0.2) is 52.6 Å². The fourth-order valence-electron chi connectivity index (χ4n) is 6.04. The van der Waals surface area contributed by atoms with E-state index in [1.807, 2.05) is 35.2 Å². The van der Waals surface area contributed by atoms with Crippen LogP contribution in [-0.2, 0) is 22.5 Å². The zero-order valence-corrected chi connectivity index (χ0v) is 20.3. The summed E-state index contributed by atoms with van der Waals surface area (Å²) < 4.78 is 5.50. The molecule has 2 atom stereocenters. The maximum absolute atomic E-state index is 14.0. The SMILES string of the molecule is CC(C)[C@]1(C(=O)N2CCc3c(nc(-c4ccccc4)[nH]c3=O)C2)CC[C@@H](NC2CCOCC2)C1. The second kappa shape index (κ2) is 9.62. The predicted octanol–water partition coefficient (Wildman–Crippen LogP) is 3.29. The van der Waals surface area contributed by atoms with E-state index in [9.17, 15) is 9.59 Å². The third-order valence-electron chi connectivity index (χ3n) is 8.18. The number of fused-ring (bicyclic) bond motifs is 1. The first kappa shape index (κ1) is 23.2. The summed E-state index contributed by atoms with van der Waals surface area (Å²) in [6.07, 6.45) is 5.46. The minimum atomic E-state index is -0.357. The number of carbonyl (C=O) groups is 1. The van der Waals surface area contributed by atoms with Crippen LogP contribution in [0.4, 0.5) is 0 Å². The lowest BCUT2D eigenvalue weighted by molar-refractivity contribution is -0.146. The summed E-state index contributed by atoms with van der Waals surface area (Å²) in [6.45, 7) is 7.00. The number of nitrogens with zero attached hydrogens (tertiary/aromatic N) is 2. The van der Waals surface area contributed by atoms with Crippen LogP contribution in [0.15, 0.2) is 35.1 Å². The highest BCUT2D eigenvalue weighted by Gasteiger charge is 2.50. The van der Waals surface area contributed by atoms with E-state index in [0.29, 0.717) is 43.0 Å². The molecule has 1 aliphatic carbocycles. The van der Waals surface area contributed by atoms with Gasteiger partial charge in [0.15, 0.2) is 0 Å². The van der Waals surface area contributed by atoms with Gasteiger partial charge in [-0.3, -0.25) is 9.59 Å². The van der Waals surface area contributed by atoms with Gasteiger partial charge in [0.05, 0.1) is 17.7 Å². The highest BCUT2D eigenvalue weighted by atomic mass is 16.5. The van der Waals surface area contributed by atoms with Gasteiger partial charge in [-0.2, -0.15) is 0 Å². The largest absolute Gasteiger partial charge is 0.381 e. The van der Waals surface area contributed by atoms with Crippen molar-refractivity contribution in [1.29, 1.82) is 0 Å². The predicted molar refractivity (Wildman–Crippen MR) is 131 cm³/mol. The Kier molecular flexibility index (Phi) is 6.58. The summed E-state index contributed by atoms with van der Waals surface area (Å²) >= 11 is 0. The van der Waals surface area contributed by atoms with E-state index in [1.54, 1.807) is 0 Å². The van der Waals surface area contributed by atoms with Gasteiger partial charge in [-0.25, -0.2) is 4.98 Å². The first-order chi connectivity index (χ1) is 16.5. The van der Waals surface area contributed by atoms with Gasteiger partial charge in [0.2, 0.25) is 5.91 Å². The van der Waals surface area contributed by atoms with Crippen LogP contribution in [0.25, 0.3) is 11.4 Å². The number of rotatable bonds is 5. The molecule has 2 fully saturated rings. The number of carbonyl (C=O) groups excluding carboxylic acids is 1. The molecule has 3 aliphatic rings. The third-order valence-corrected chi connectivity index (χ3v) is 8.18. The molecule has 182 valence electrons. The number of aromatic amines is 1. The fraction of sp³-hybridized carbons (Fsp3) is 0.593. The monoisotopic (exact) mass is 464 g/mol. The topological polar surface area (TPSA) is 87.3 Å². The van der Waals surface area contributed by atoms with E-state index >= 15 is 0 Å². The normalized spacial score (nSPS) is 25.5. The minimum Gasteiger partial charge on any atom is -0.381 e. The fourth-order valence-corrected chi connectivity index (χ4v) is 6.04. The zero-order valence-electron chi connectivity index (χ0n) is 20.3. The lowest BCUT2D eigenvalue weighted by atomic mass is 9.74. The van der Waals surface area contributed by atoms with Crippen molar-refractivity contribution < 1.29 is 9.53 Å². The molecule has 2 aromatic rings. The molecule has 0 unspecified atom stereocenters. The van der Waals surface area contributed by atoms with Gasteiger partial charge in [-0.1, -0.05) is 44.2 Å². The Morgan fingerprint density at radius 1 is 1.18 bits per heavy atom. The van der Waals surface area contributed by atoms with Gasteiger partial charge >= 0.3 is 0 Å².